The summed E-state index contributed by atoms with van der Waals surface area (Å²) < 4.78 is 0. The van der Waals surface area contributed by atoms with Crippen molar-refractivity contribution >= 4 is 22.4 Å². The van der Waals surface area contributed by atoms with Crippen LogP contribution in [-0.2, 0) is 11.2 Å². The molecule has 1 unspecified atom stereocenters. The lowest BCUT2D eigenvalue weighted by atomic mass is 9.99. The number of carbonyl (C=O) groups excluding carboxylic acids is 1. The van der Waals surface area contributed by atoms with Gasteiger partial charge in [-0.3, -0.25) is 9.69 Å². The topological polar surface area (TPSA) is 65.5 Å². The highest BCUT2D eigenvalue weighted by molar-refractivity contribution is 7.15. The number of anilines is 1. The van der Waals surface area contributed by atoms with E-state index in [1.165, 1.54) is 16.2 Å². The molecule has 2 rings (SSSR count). The molecule has 0 radical (unpaired) electrons. The van der Waals surface area contributed by atoms with Gasteiger partial charge in [0.1, 0.15) is 0 Å². The Balaban J connectivity index is 1.85. The first-order valence-electron chi connectivity index (χ1n) is 7.21. The number of nitrogens with zero attached hydrogens (tertiary/aromatic N) is 2. The maximum atomic E-state index is 12.0. The summed E-state index contributed by atoms with van der Waals surface area (Å²) in [6.45, 7) is 6.43. The van der Waals surface area contributed by atoms with E-state index in [0.29, 0.717) is 17.6 Å². The smallest absolute Gasteiger partial charge is 0.240 e. The SMILES string of the molecule is CCc1nc(NC(=O)CN2CCCC(CO)C2)sc1C. The summed E-state index contributed by atoms with van der Waals surface area (Å²) in [7, 11) is 0. The van der Waals surface area contributed by atoms with Gasteiger partial charge in [-0.2, -0.15) is 0 Å². The van der Waals surface area contributed by atoms with Gasteiger partial charge < -0.3 is 10.4 Å². The van der Waals surface area contributed by atoms with Crippen LogP contribution in [0.15, 0.2) is 0 Å². The van der Waals surface area contributed by atoms with Crippen LogP contribution in [0.3, 0.4) is 0 Å². The second-order valence-corrected chi connectivity index (χ2v) is 6.55. The van der Waals surface area contributed by atoms with Crippen molar-refractivity contribution < 1.29 is 9.90 Å². The molecule has 1 aliphatic rings. The Bertz CT molecular complexity index is 461. The number of rotatable bonds is 5. The first-order valence-corrected chi connectivity index (χ1v) is 8.03. The lowest BCUT2D eigenvalue weighted by Gasteiger charge is -2.30. The van der Waals surface area contributed by atoms with E-state index in [-0.39, 0.29) is 12.5 Å². The number of aliphatic hydroxyl groups is 1. The molecule has 1 fully saturated rings. The second kappa shape index (κ2) is 7.15. The van der Waals surface area contributed by atoms with Crippen molar-refractivity contribution in [1.29, 1.82) is 0 Å². The van der Waals surface area contributed by atoms with Crippen molar-refractivity contribution in [3.05, 3.63) is 10.6 Å². The van der Waals surface area contributed by atoms with Crippen LogP contribution in [0.1, 0.15) is 30.3 Å². The molecule has 2 heterocycles. The van der Waals surface area contributed by atoms with Crippen molar-refractivity contribution in [2.24, 2.45) is 5.92 Å². The van der Waals surface area contributed by atoms with Gasteiger partial charge in [-0.1, -0.05) is 6.92 Å². The Labute approximate surface area is 124 Å². The lowest BCUT2D eigenvalue weighted by molar-refractivity contribution is -0.117. The zero-order valence-corrected chi connectivity index (χ0v) is 13.0. The Morgan fingerprint density at radius 2 is 2.40 bits per heavy atom. The molecule has 1 saturated heterocycles. The second-order valence-electron chi connectivity index (χ2n) is 5.35. The summed E-state index contributed by atoms with van der Waals surface area (Å²) in [4.78, 5) is 19.7. The summed E-state index contributed by atoms with van der Waals surface area (Å²) in [5.74, 6) is 0.297. The number of aromatic nitrogens is 1. The number of likely N-dealkylation sites (tertiary alicyclic amines) is 1. The average molecular weight is 297 g/mol. The zero-order chi connectivity index (χ0) is 14.5. The molecule has 20 heavy (non-hydrogen) atoms. The fourth-order valence-corrected chi connectivity index (χ4v) is 3.53. The standard InChI is InChI=1S/C14H23N3O2S/c1-3-12-10(2)20-14(15-12)16-13(19)8-17-6-4-5-11(7-17)9-18/h11,18H,3-9H2,1-2H3,(H,15,16,19). The van der Waals surface area contributed by atoms with E-state index < -0.39 is 0 Å². The fraction of sp³-hybridized carbons (Fsp3) is 0.714. The maximum Gasteiger partial charge on any atom is 0.240 e. The molecule has 5 nitrogen and oxygen atoms in total. The third kappa shape index (κ3) is 4.01. The summed E-state index contributed by atoms with van der Waals surface area (Å²) in [5.41, 5.74) is 1.06. The highest BCUT2D eigenvalue weighted by atomic mass is 32.1. The van der Waals surface area contributed by atoms with Crippen LogP contribution in [0, 0.1) is 12.8 Å². The van der Waals surface area contributed by atoms with E-state index in [1.807, 2.05) is 6.92 Å². The van der Waals surface area contributed by atoms with Gasteiger partial charge in [-0.05, 0) is 38.6 Å². The fourth-order valence-electron chi connectivity index (χ4n) is 2.62. The van der Waals surface area contributed by atoms with E-state index >= 15 is 0 Å². The zero-order valence-electron chi connectivity index (χ0n) is 12.2. The monoisotopic (exact) mass is 297 g/mol. The van der Waals surface area contributed by atoms with Gasteiger partial charge in [-0.15, -0.1) is 11.3 Å². The molecule has 1 aromatic rings. The van der Waals surface area contributed by atoms with Gasteiger partial charge in [0.25, 0.3) is 0 Å². The molecule has 0 aliphatic carbocycles. The minimum Gasteiger partial charge on any atom is -0.396 e. The normalized spacial score (nSPS) is 20.1. The molecule has 2 N–H and O–H groups in total. The van der Waals surface area contributed by atoms with E-state index in [1.54, 1.807) is 0 Å². The number of carbonyl (C=O) groups is 1. The number of hydrogen-bond donors (Lipinski definition) is 2. The highest BCUT2D eigenvalue weighted by Crippen LogP contribution is 2.22. The van der Waals surface area contributed by atoms with E-state index in [0.717, 1.165) is 38.0 Å². The number of thiazole rings is 1. The van der Waals surface area contributed by atoms with Gasteiger partial charge in [0.15, 0.2) is 5.13 Å². The van der Waals surface area contributed by atoms with Crippen molar-refractivity contribution in [3.8, 4) is 0 Å². The van der Waals surface area contributed by atoms with Gasteiger partial charge in [-0.25, -0.2) is 4.98 Å². The van der Waals surface area contributed by atoms with Crippen LogP contribution in [0.4, 0.5) is 5.13 Å². The number of aliphatic hydroxyl groups excluding tert-OH is 1. The van der Waals surface area contributed by atoms with E-state index in [2.05, 4.69) is 22.1 Å². The summed E-state index contributed by atoms with van der Waals surface area (Å²) in [6.07, 6.45) is 3.00. The molecule has 6 heteroatoms. The first kappa shape index (κ1) is 15.4. The molecule has 1 aromatic heterocycles. The van der Waals surface area contributed by atoms with E-state index in [4.69, 9.17) is 0 Å². The van der Waals surface area contributed by atoms with Crippen LogP contribution in [0.5, 0.6) is 0 Å². The minimum atomic E-state index is -0.0139. The number of nitrogens with one attached hydrogen (secondary N) is 1. The maximum absolute atomic E-state index is 12.0. The van der Waals surface area contributed by atoms with Crippen molar-refractivity contribution in [1.82, 2.24) is 9.88 Å². The van der Waals surface area contributed by atoms with Gasteiger partial charge in [0, 0.05) is 18.0 Å². The highest BCUT2D eigenvalue weighted by Gasteiger charge is 2.21. The molecule has 1 amide bonds. The van der Waals surface area contributed by atoms with Gasteiger partial charge >= 0.3 is 0 Å². The Morgan fingerprint density at radius 3 is 3.05 bits per heavy atom. The van der Waals surface area contributed by atoms with E-state index in [9.17, 15) is 9.90 Å². The summed E-state index contributed by atoms with van der Waals surface area (Å²) >= 11 is 1.53. The largest absolute Gasteiger partial charge is 0.396 e. The Hall–Kier alpha value is -0.980. The third-order valence-electron chi connectivity index (χ3n) is 3.70. The predicted molar refractivity (Wildman–Crippen MR) is 81.1 cm³/mol. The molecule has 0 aromatic carbocycles. The Morgan fingerprint density at radius 1 is 1.60 bits per heavy atom. The minimum absolute atomic E-state index is 0.0139. The molecule has 112 valence electrons. The number of aryl methyl sites for hydroxylation is 2. The van der Waals surface area contributed by atoms with Crippen LogP contribution < -0.4 is 5.32 Å². The van der Waals surface area contributed by atoms with Crippen LogP contribution >= 0.6 is 11.3 Å². The molecular formula is C14H23N3O2S. The average Bonchev–Trinajstić information content (AvgIpc) is 2.78. The van der Waals surface area contributed by atoms with Gasteiger partial charge in [0.05, 0.1) is 12.2 Å². The van der Waals surface area contributed by atoms with Crippen LogP contribution in [0.25, 0.3) is 0 Å². The number of hydrogen-bond acceptors (Lipinski definition) is 5. The molecule has 0 bridgehead atoms. The van der Waals surface area contributed by atoms with Crippen molar-refractivity contribution in [3.63, 3.8) is 0 Å². The van der Waals surface area contributed by atoms with Crippen molar-refractivity contribution in [2.45, 2.75) is 33.1 Å². The molecule has 0 spiro atoms. The lowest BCUT2D eigenvalue weighted by Crippen LogP contribution is -2.41. The third-order valence-corrected chi connectivity index (χ3v) is 4.63. The molecule has 1 atom stereocenters. The quantitative estimate of drug-likeness (QED) is 0.867. The van der Waals surface area contributed by atoms with Gasteiger partial charge in [0.2, 0.25) is 5.91 Å². The Kier molecular flexibility index (Phi) is 5.51. The molecule has 1 aliphatic heterocycles. The molecule has 0 saturated carbocycles. The number of amides is 1. The van der Waals surface area contributed by atoms with Crippen LogP contribution in [0.2, 0.25) is 0 Å². The summed E-state index contributed by atoms with van der Waals surface area (Å²) in [5, 5.41) is 12.8. The summed E-state index contributed by atoms with van der Waals surface area (Å²) in [6, 6.07) is 0. The predicted octanol–water partition coefficient (Wildman–Crippen LogP) is 1.66. The van der Waals surface area contributed by atoms with Crippen molar-refractivity contribution in [2.75, 3.05) is 31.6 Å². The first-order chi connectivity index (χ1) is 9.62. The molecular weight excluding hydrogens is 274 g/mol. The number of piperidine rings is 1. The van der Waals surface area contributed by atoms with Crippen LogP contribution in [-0.4, -0.2) is 47.1 Å².